The summed E-state index contributed by atoms with van der Waals surface area (Å²) in [5.74, 6) is -0.238. The molecule has 1 N–H and O–H groups in total. The molecule has 3 nitrogen and oxygen atoms in total. The first-order valence-electron chi connectivity index (χ1n) is 5.65. The van der Waals surface area contributed by atoms with Crippen molar-refractivity contribution in [3.05, 3.63) is 45.1 Å². The van der Waals surface area contributed by atoms with Gasteiger partial charge in [0.2, 0.25) is 0 Å². The second-order valence-corrected chi connectivity index (χ2v) is 5.55. The van der Waals surface area contributed by atoms with Gasteiger partial charge in [0.25, 0.3) is 0 Å². The Hall–Kier alpha value is -0.850. The lowest BCUT2D eigenvalue weighted by atomic mass is 10.1. The van der Waals surface area contributed by atoms with Crippen LogP contribution in [-0.4, -0.2) is 16.1 Å². The Morgan fingerprint density at radius 2 is 2.33 bits per heavy atom. The molecule has 0 aliphatic heterocycles. The van der Waals surface area contributed by atoms with Crippen molar-refractivity contribution in [1.29, 1.82) is 0 Å². The lowest BCUT2D eigenvalue weighted by molar-refractivity contribution is 0.555. The molecule has 2 rings (SSSR count). The van der Waals surface area contributed by atoms with Crippen LogP contribution in [0.2, 0.25) is 0 Å². The van der Waals surface area contributed by atoms with E-state index in [4.69, 9.17) is 0 Å². The number of aromatic nitrogens is 2. The van der Waals surface area contributed by atoms with Gasteiger partial charge in [-0.2, -0.15) is 0 Å². The summed E-state index contributed by atoms with van der Waals surface area (Å²) in [5.41, 5.74) is 1.07. The van der Waals surface area contributed by atoms with Gasteiger partial charge in [-0.15, -0.1) is 5.10 Å². The Morgan fingerprint density at radius 3 is 2.94 bits per heavy atom. The van der Waals surface area contributed by atoms with Gasteiger partial charge in [0, 0.05) is 6.04 Å². The van der Waals surface area contributed by atoms with Gasteiger partial charge >= 0.3 is 0 Å². The van der Waals surface area contributed by atoms with Crippen molar-refractivity contribution in [2.45, 2.75) is 19.4 Å². The summed E-state index contributed by atoms with van der Waals surface area (Å²) >= 11 is 4.59. The fourth-order valence-corrected chi connectivity index (χ4v) is 2.75. The number of benzene rings is 1. The molecule has 0 bridgehead atoms. The Morgan fingerprint density at radius 1 is 1.50 bits per heavy atom. The molecule has 0 saturated heterocycles. The van der Waals surface area contributed by atoms with Crippen LogP contribution in [0.4, 0.5) is 4.39 Å². The minimum atomic E-state index is -0.238. The standard InChI is InChI=1S/C12H13BrFN3S/c1-2-15-11(12-7-16-17-18-12)6-8-3-4-10(14)9(13)5-8/h3-5,7,11,15H,2,6H2,1H3. The van der Waals surface area contributed by atoms with Crippen molar-refractivity contribution in [3.63, 3.8) is 0 Å². The maximum Gasteiger partial charge on any atom is 0.137 e. The summed E-state index contributed by atoms with van der Waals surface area (Å²) in [6, 6.07) is 5.27. The Kier molecular flexibility index (Phi) is 4.79. The van der Waals surface area contributed by atoms with Gasteiger partial charge in [-0.3, -0.25) is 0 Å². The molecule has 96 valence electrons. The summed E-state index contributed by atoms with van der Waals surface area (Å²) in [7, 11) is 0. The lowest BCUT2D eigenvalue weighted by Gasteiger charge is -2.15. The van der Waals surface area contributed by atoms with Gasteiger partial charge in [0.15, 0.2) is 0 Å². The monoisotopic (exact) mass is 329 g/mol. The summed E-state index contributed by atoms with van der Waals surface area (Å²) in [5, 5.41) is 7.25. The van der Waals surface area contributed by atoms with E-state index in [2.05, 4.69) is 37.8 Å². The first-order valence-corrected chi connectivity index (χ1v) is 7.22. The van der Waals surface area contributed by atoms with Crippen LogP contribution < -0.4 is 5.32 Å². The van der Waals surface area contributed by atoms with Gasteiger partial charge in [-0.05, 0) is 58.1 Å². The van der Waals surface area contributed by atoms with Crippen LogP contribution in [0.15, 0.2) is 28.9 Å². The summed E-state index contributed by atoms with van der Waals surface area (Å²) in [6.45, 7) is 2.92. The first kappa shape index (κ1) is 13.6. The van der Waals surface area contributed by atoms with E-state index in [-0.39, 0.29) is 11.9 Å². The van der Waals surface area contributed by atoms with Crippen LogP contribution in [0, 0.1) is 5.82 Å². The molecule has 18 heavy (non-hydrogen) atoms. The molecule has 1 aromatic heterocycles. The summed E-state index contributed by atoms with van der Waals surface area (Å²) in [6.07, 6.45) is 2.56. The second-order valence-electron chi connectivity index (χ2n) is 3.88. The Balaban J connectivity index is 2.16. The van der Waals surface area contributed by atoms with E-state index in [1.54, 1.807) is 12.3 Å². The molecular formula is C12H13BrFN3S. The fraction of sp³-hybridized carbons (Fsp3) is 0.333. The van der Waals surface area contributed by atoms with Gasteiger partial charge < -0.3 is 5.32 Å². The van der Waals surface area contributed by atoms with Gasteiger partial charge in [-0.25, -0.2) is 4.39 Å². The molecule has 0 amide bonds. The van der Waals surface area contributed by atoms with E-state index in [9.17, 15) is 4.39 Å². The van der Waals surface area contributed by atoms with E-state index >= 15 is 0 Å². The molecule has 0 fully saturated rings. The predicted molar refractivity (Wildman–Crippen MR) is 74.1 cm³/mol. The first-order chi connectivity index (χ1) is 8.70. The highest BCUT2D eigenvalue weighted by Crippen LogP contribution is 2.23. The molecule has 0 spiro atoms. The summed E-state index contributed by atoms with van der Waals surface area (Å²) in [4.78, 5) is 1.09. The smallest absolute Gasteiger partial charge is 0.137 e. The number of nitrogens with one attached hydrogen (secondary N) is 1. The molecule has 1 heterocycles. The highest BCUT2D eigenvalue weighted by Gasteiger charge is 2.14. The number of rotatable bonds is 5. The normalized spacial score (nSPS) is 12.6. The van der Waals surface area contributed by atoms with E-state index in [0.717, 1.165) is 23.4 Å². The van der Waals surface area contributed by atoms with E-state index in [1.165, 1.54) is 17.6 Å². The van der Waals surface area contributed by atoms with Crippen LogP contribution in [0.3, 0.4) is 0 Å². The molecule has 1 aromatic carbocycles. The van der Waals surface area contributed by atoms with Gasteiger partial charge in [0.1, 0.15) is 5.82 Å². The SMILES string of the molecule is CCNC(Cc1ccc(F)c(Br)c1)c1cnns1. The quantitative estimate of drug-likeness (QED) is 0.914. The van der Waals surface area contributed by atoms with Crippen molar-refractivity contribution in [1.82, 2.24) is 14.9 Å². The third kappa shape index (κ3) is 3.34. The Bertz CT molecular complexity index is 504. The second kappa shape index (κ2) is 6.36. The average molecular weight is 330 g/mol. The largest absolute Gasteiger partial charge is 0.309 e. The zero-order valence-electron chi connectivity index (χ0n) is 9.86. The van der Waals surface area contributed by atoms with E-state index in [0.29, 0.717) is 4.47 Å². The number of likely N-dealkylation sites (N-methyl/N-ethyl adjacent to an activating group) is 1. The number of hydrogen-bond acceptors (Lipinski definition) is 4. The van der Waals surface area contributed by atoms with Crippen molar-refractivity contribution >= 4 is 27.5 Å². The molecule has 0 saturated carbocycles. The maximum absolute atomic E-state index is 13.2. The third-order valence-electron chi connectivity index (χ3n) is 2.60. The maximum atomic E-state index is 13.2. The van der Waals surface area contributed by atoms with Crippen molar-refractivity contribution in [2.24, 2.45) is 0 Å². The molecular weight excluding hydrogens is 317 g/mol. The number of hydrogen-bond donors (Lipinski definition) is 1. The molecule has 0 aliphatic rings. The van der Waals surface area contributed by atoms with E-state index < -0.39 is 0 Å². The van der Waals surface area contributed by atoms with Crippen LogP contribution in [0.5, 0.6) is 0 Å². The molecule has 2 aromatic rings. The predicted octanol–water partition coefficient (Wildman–Crippen LogP) is 3.33. The minimum Gasteiger partial charge on any atom is -0.309 e. The zero-order chi connectivity index (χ0) is 13.0. The number of nitrogens with zero attached hydrogens (tertiary/aromatic N) is 2. The van der Waals surface area contributed by atoms with Gasteiger partial charge in [-0.1, -0.05) is 17.5 Å². The third-order valence-corrected chi connectivity index (χ3v) is 3.98. The zero-order valence-corrected chi connectivity index (χ0v) is 12.3. The molecule has 1 unspecified atom stereocenters. The number of halogens is 2. The average Bonchev–Trinajstić information content (AvgIpc) is 2.87. The molecule has 6 heteroatoms. The molecule has 0 aliphatic carbocycles. The van der Waals surface area contributed by atoms with Crippen LogP contribution >= 0.6 is 27.5 Å². The highest BCUT2D eigenvalue weighted by molar-refractivity contribution is 9.10. The van der Waals surface area contributed by atoms with E-state index in [1.807, 2.05) is 6.07 Å². The lowest BCUT2D eigenvalue weighted by Crippen LogP contribution is -2.22. The topological polar surface area (TPSA) is 37.8 Å². The molecule has 1 atom stereocenters. The van der Waals surface area contributed by atoms with Crippen LogP contribution in [0.1, 0.15) is 23.4 Å². The van der Waals surface area contributed by atoms with Crippen LogP contribution in [0.25, 0.3) is 0 Å². The van der Waals surface area contributed by atoms with Crippen molar-refractivity contribution in [3.8, 4) is 0 Å². The van der Waals surface area contributed by atoms with Gasteiger partial charge in [0.05, 0.1) is 15.5 Å². The van der Waals surface area contributed by atoms with Crippen LogP contribution in [-0.2, 0) is 6.42 Å². The minimum absolute atomic E-state index is 0.173. The van der Waals surface area contributed by atoms with Crippen molar-refractivity contribution in [2.75, 3.05) is 6.54 Å². The fourth-order valence-electron chi connectivity index (χ4n) is 1.75. The summed E-state index contributed by atoms with van der Waals surface area (Å²) < 4.78 is 17.6. The van der Waals surface area contributed by atoms with Crippen molar-refractivity contribution < 1.29 is 4.39 Å². The Labute approximate surface area is 118 Å². The molecule has 0 radical (unpaired) electrons. The highest BCUT2D eigenvalue weighted by atomic mass is 79.9.